The SMILES string of the molecule is CCCCCCCCC(C)C(C)CC1OC1CCCCC. The summed E-state index contributed by atoms with van der Waals surface area (Å²) >= 11 is 0. The molecule has 0 radical (unpaired) electrons. The minimum atomic E-state index is 0.601. The lowest BCUT2D eigenvalue weighted by Gasteiger charge is -2.19. The van der Waals surface area contributed by atoms with Crippen molar-refractivity contribution < 1.29 is 4.74 Å². The normalized spacial score (nSPS) is 24.0. The summed E-state index contributed by atoms with van der Waals surface area (Å²) in [5.74, 6) is 1.71. The quantitative estimate of drug-likeness (QED) is 0.255. The van der Waals surface area contributed by atoms with E-state index in [1.54, 1.807) is 0 Å². The van der Waals surface area contributed by atoms with Gasteiger partial charge in [0.15, 0.2) is 0 Å². The van der Waals surface area contributed by atoms with Gasteiger partial charge in [-0.15, -0.1) is 0 Å². The van der Waals surface area contributed by atoms with Gasteiger partial charge in [-0.3, -0.25) is 0 Å². The maximum atomic E-state index is 5.85. The Morgan fingerprint density at radius 1 is 0.714 bits per heavy atom. The van der Waals surface area contributed by atoms with Gasteiger partial charge in [-0.1, -0.05) is 91.9 Å². The zero-order valence-corrected chi connectivity index (χ0v) is 15.2. The fourth-order valence-corrected chi connectivity index (χ4v) is 3.37. The van der Waals surface area contributed by atoms with E-state index in [0.717, 1.165) is 11.8 Å². The highest BCUT2D eigenvalue weighted by Gasteiger charge is 2.39. The summed E-state index contributed by atoms with van der Waals surface area (Å²) in [7, 11) is 0. The molecule has 0 aromatic heterocycles. The maximum absolute atomic E-state index is 5.85. The van der Waals surface area contributed by atoms with E-state index in [0.29, 0.717) is 12.2 Å². The van der Waals surface area contributed by atoms with Crippen molar-refractivity contribution in [3.05, 3.63) is 0 Å². The first kappa shape index (κ1) is 19.0. The molecule has 1 heterocycles. The van der Waals surface area contributed by atoms with Gasteiger partial charge in [0.25, 0.3) is 0 Å². The fourth-order valence-electron chi connectivity index (χ4n) is 3.37. The molecule has 0 saturated carbocycles. The molecule has 1 aliphatic heterocycles. The van der Waals surface area contributed by atoms with E-state index in [1.807, 2.05) is 0 Å². The van der Waals surface area contributed by atoms with Crippen LogP contribution >= 0.6 is 0 Å². The van der Waals surface area contributed by atoms with Crippen LogP contribution in [0.3, 0.4) is 0 Å². The summed E-state index contributed by atoms with van der Waals surface area (Å²) in [5.41, 5.74) is 0. The van der Waals surface area contributed by atoms with Crippen LogP contribution in [0.2, 0.25) is 0 Å². The van der Waals surface area contributed by atoms with Crippen molar-refractivity contribution >= 4 is 0 Å². The van der Waals surface area contributed by atoms with E-state index in [-0.39, 0.29) is 0 Å². The van der Waals surface area contributed by atoms with Crippen molar-refractivity contribution in [3.63, 3.8) is 0 Å². The predicted octanol–water partition coefficient (Wildman–Crippen LogP) is 6.75. The van der Waals surface area contributed by atoms with Crippen molar-refractivity contribution in [3.8, 4) is 0 Å². The van der Waals surface area contributed by atoms with Crippen LogP contribution < -0.4 is 0 Å². The molecule has 0 spiro atoms. The Labute approximate surface area is 134 Å². The van der Waals surface area contributed by atoms with Gasteiger partial charge < -0.3 is 4.74 Å². The number of rotatable bonds is 14. The maximum Gasteiger partial charge on any atom is 0.0844 e. The second kappa shape index (κ2) is 11.5. The van der Waals surface area contributed by atoms with Crippen LogP contribution in [0.15, 0.2) is 0 Å². The highest BCUT2D eigenvalue weighted by molar-refractivity contribution is 4.86. The Balaban J connectivity index is 1.98. The predicted molar refractivity (Wildman–Crippen MR) is 93.7 cm³/mol. The summed E-state index contributed by atoms with van der Waals surface area (Å²) in [6.45, 7) is 9.45. The molecule has 1 aliphatic rings. The number of hydrogen-bond donors (Lipinski definition) is 0. The number of unbranched alkanes of at least 4 members (excludes halogenated alkanes) is 7. The minimum Gasteiger partial charge on any atom is -0.370 e. The molecule has 1 nitrogen and oxygen atoms in total. The van der Waals surface area contributed by atoms with E-state index >= 15 is 0 Å². The van der Waals surface area contributed by atoms with Crippen molar-refractivity contribution in [1.82, 2.24) is 0 Å². The lowest BCUT2D eigenvalue weighted by Crippen LogP contribution is -2.11. The molecule has 0 bridgehead atoms. The zero-order chi connectivity index (χ0) is 15.5. The summed E-state index contributed by atoms with van der Waals surface area (Å²) in [5, 5.41) is 0. The van der Waals surface area contributed by atoms with Crippen molar-refractivity contribution in [2.45, 2.75) is 117 Å². The van der Waals surface area contributed by atoms with E-state index < -0.39 is 0 Å². The first-order valence-electron chi connectivity index (χ1n) is 9.84. The van der Waals surface area contributed by atoms with Crippen molar-refractivity contribution in [2.24, 2.45) is 11.8 Å². The largest absolute Gasteiger partial charge is 0.370 e. The summed E-state index contributed by atoms with van der Waals surface area (Å²) in [6.07, 6.45) is 17.8. The van der Waals surface area contributed by atoms with Gasteiger partial charge >= 0.3 is 0 Å². The minimum absolute atomic E-state index is 0.601. The topological polar surface area (TPSA) is 12.5 Å². The molecule has 0 aromatic carbocycles. The summed E-state index contributed by atoms with van der Waals surface area (Å²) < 4.78 is 5.85. The third-order valence-electron chi connectivity index (χ3n) is 5.37. The Bertz CT molecular complexity index is 238. The summed E-state index contributed by atoms with van der Waals surface area (Å²) in [6, 6.07) is 0. The van der Waals surface area contributed by atoms with E-state index in [1.165, 1.54) is 77.0 Å². The van der Waals surface area contributed by atoms with Gasteiger partial charge in [0.1, 0.15) is 0 Å². The van der Waals surface area contributed by atoms with Crippen LogP contribution in [0, 0.1) is 11.8 Å². The third-order valence-corrected chi connectivity index (χ3v) is 5.37. The van der Waals surface area contributed by atoms with Crippen LogP contribution in [0.25, 0.3) is 0 Å². The van der Waals surface area contributed by atoms with Gasteiger partial charge in [-0.25, -0.2) is 0 Å². The Hall–Kier alpha value is -0.0400. The number of ether oxygens (including phenoxy) is 1. The van der Waals surface area contributed by atoms with Gasteiger partial charge in [-0.05, 0) is 24.7 Å². The van der Waals surface area contributed by atoms with Crippen LogP contribution in [0.1, 0.15) is 105 Å². The Morgan fingerprint density at radius 2 is 1.33 bits per heavy atom. The standard InChI is InChI=1S/C20H40O/c1-5-7-9-10-11-13-14-17(3)18(4)16-20-19(21-20)15-12-8-6-2/h17-20H,5-16H2,1-4H3. The third kappa shape index (κ3) is 8.86. The van der Waals surface area contributed by atoms with Crippen LogP contribution in [0.4, 0.5) is 0 Å². The van der Waals surface area contributed by atoms with Crippen LogP contribution in [-0.2, 0) is 4.74 Å². The first-order chi connectivity index (χ1) is 10.2. The Kier molecular flexibility index (Phi) is 10.4. The van der Waals surface area contributed by atoms with E-state index in [4.69, 9.17) is 4.74 Å². The number of hydrogen-bond acceptors (Lipinski definition) is 1. The molecule has 0 aromatic rings. The molecule has 0 N–H and O–H groups in total. The molecule has 1 fully saturated rings. The molecule has 21 heavy (non-hydrogen) atoms. The molecular formula is C20H40O. The molecule has 1 saturated heterocycles. The molecule has 1 heteroatoms. The zero-order valence-electron chi connectivity index (χ0n) is 15.2. The van der Waals surface area contributed by atoms with Crippen LogP contribution in [0.5, 0.6) is 0 Å². The number of epoxide rings is 1. The average Bonchev–Trinajstić information content (AvgIpc) is 3.20. The van der Waals surface area contributed by atoms with Crippen molar-refractivity contribution in [1.29, 1.82) is 0 Å². The monoisotopic (exact) mass is 296 g/mol. The van der Waals surface area contributed by atoms with Crippen molar-refractivity contribution in [2.75, 3.05) is 0 Å². The lowest BCUT2D eigenvalue weighted by atomic mass is 9.86. The van der Waals surface area contributed by atoms with Gasteiger partial charge in [-0.2, -0.15) is 0 Å². The Morgan fingerprint density at radius 3 is 2.05 bits per heavy atom. The fraction of sp³-hybridized carbons (Fsp3) is 1.00. The molecule has 126 valence electrons. The second-order valence-electron chi connectivity index (χ2n) is 7.46. The molecule has 4 atom stereocenters. The van der Waals surface area contributed by atoms with Gasteiger partial charge in [0.05, 0.1) is 12.2 Å². The molecule has 0 aliphatic carbocycles. The highest BCUT2D eigenvalue weighted by Crippen LogP contribution is 2.35. The highest BCUT2D eigenvalue weighted by atomic mass is 16.6. The van der Waals surface area contributed by atoms with Gasteiger partial charge in [0, 0.05) is 0 Å². The first-order valence-corrected chi connectivity index (χ1v) is 9.84. The molecule has 1 rings (SSSR count). The van der Waals surface area contributed by atoms with E-state index in [2.05, 4.69) is 27.7 Å². The van der Waals surface area contributed by atoms with Crippen LogP contribution in [-0.4, -0.2) is 12.2 Å². The average molecular weight is 297 g/mol. The lowest BCUT2D eigenvalue weighted by molar-refractivity contribution is 0.284. The molecule has 0 amide bonds. The van der Waals surface area contributed by atoms with E-state index in [9.17, 15) is 0 Å². The molecule has 4 unspecified atom stereocenters. The second-order valence-corrected chi connectivity index (χ2v) is 7.46. The molecular weight excluding hydrogens is 256 g/mol. The summed E-state index contributed by atoms with van der Waals surface area (Å²) in [4.78, 5) is 0. The van der Waals surface area contributed by atoms with Gasteiger partial charge in [0.2, 0.25) is 0 Å². The smallest absolute Gasteiger partial charge is 0.0844 e.